The Morgan fingerprint density at radius 3 is 2.52 bits per heavy atom. The normalized spacial score (nSPS) is 10.2. The van der Waals surface area contributed by atoms with Gasteiger partial charge in [-0.3, -0.25) is 14.6 Å². The molecule has 120 valence electrons. The Bertz CT molecular complexity index is 659. The molecular formula is C17H18FN3O2. The molecule has 0 aliphatic carbocycles. The Labute approximate surface area is 134 Å². The molecule has 0 aliphatic heterocycles. The van der Waals surface area contributed by atoms with E-state index >= 15 is 0 Å². The number of nitrogens with zero attached hydrogens (tertiary/aromatic N) is 2. The van der Waals surface area contributed by atoms with Crippen molar-refractivity contribution >= 4 is 17.5 Å². The molecule has 2 rings (SSSR count). The summed E-state index contributed by atoms with van der Waals surface area (Å²) in [5.41, 5.74) is 1.29. The molecule has 0 aliphatic rings. The van der Waals surface area contributed by atoms with E-state index in [2.05, 4.69) is 10.3 Å². The van der Waals surface area contributed by atoms with Gasteiger partial charge >= 0.3 is 0 Å². The van der Waals surface area contributed by atoms with Gasteiger partial charge in [-0.25, -0.2) is 4.39 Å². The van der Waals surface area contributed by atoms with Gasteiger partial charge in [-0.15, -0.1) is 0 Å². The Morgan fingerprint density at radius 2 is 1.91 bits per heavy atom. The monoisotopic (exact) mass is 315 g/mol. The maximum atomic E-state index is 12.8. The summed E-state index contributed by atoms with van der Waals surface area (Å²) >= 11 is 0. The van der Waals surface area contributed by atoms with Gasteiger partial charge in [0.15, 0.2) is 0 Å². The van der Waals surface area contributed by atoms with Crippen molar-refractivity contribution in [1.82, 2.24) is 9.88 Å². The molecular weight excluding hydrogens is 297 g/mol. The van der Waals surface area contributed by atoms with Crippen LogP contribution in [0.2, 0.25) is 0 Å². The summed E-state index contributed by atoms with van der Waals surface area (Å²) in [7, 11) is 0. The average molecular weight is 315 g/mol. The molecule has 0 bridgehead atoms. The van der Waals surface area contributed by atoms with Crippen LogP contribution in [0.15, 0.2) is 48.7 Å². The molecule has 1 aromatic heterocycles. The highest BCUT2D eigenvalue weighted by atomic mass is 19.1. The predicted octanol–water partition coefficient (Wildman–Crippen LogP) is 2.60. The standard InChI is InChI=1S/C17H18FN3O2/c1-13(22)21(12-16-4-2-3-10-19-16)11-9-17(23)20-15-7-5-14(18)6-8-15/h2-8,10H,9,11-12H2,1H3,(H,20,23). The number of hydrogen-bond donors (Lipinski definition) is 1. The van der Waals surface area contributed by atoms with Gasteiger partial charge in [0.1, 0.15) is 5.82 Å². The van der Waals surface area contributed by atoms with Crippen LogP contribution in [0, 0.1) is 5.82 Å². The lowest BCUT2D eigenvalue weighted by molar-refractivity contribution is -0.130. The minimum atomic E-state index is -0.360. The lowest BCUT2D eigenvalue weighted by Crippen LogP contribution is -2.31. The number of carbonyl (C=O) groups excluding carboxylic acids is 2. The Morgan fingerprint density at radius 1 is 1.17 bits per heavy atom. The van der Waals surface area contributed by atoms with Crippen molar-refractivity contribution in [1.29, 1.82) is 0 Å². The highest BCUT2D eigenvalue weighted by Crippen LogP contribution is 2.09. The molecule has 1 heterocycles. The zero-order chi connectivity index (χ0) is 16.7. The van der Waals surface area contributed by atoms with Crippen molar-refractivity contribution in [3.05, 3.63) is 60.2 Å². The lowest BCUT2D eigenvalue weighted by Gasteiger charge is -2.20. The van der Waals surface area contributed by atoms with Gasteiger partial charge in [0.05, 0.1) is 12.2 Å². The number of hydrogen-bond acceptors (Lipinski definition) is 3. The fourth-order valence-corrected chi connectivity index (χ4v) is 2.03. The van der Waals surface area contributed by atoms with E-state index in [1.54, 1.807) is 17.2 Å². The predicted molar refractivity (Wildman–Crippen MR) is 85.0 cm³/mol. The largest absolute Gasteiger partial charge is 0.337 e. The summed E-state index contributed by atoms with van der Waals surface area (Å²) in [6, 6.07) is 11.0. The highest BCUT2D eigenvalue weighted by molar-refractivity contribution is 5.91. The first-order chi connectivity index (χ1) is 11.0. The highest BCUT2D eigenvalue weighted by Gasteiger charge is 2.12. The molecule has 0 unspecified atom stereocenters. The van der Waals surface area contributed by atoms with Crippen molar-refractivity contribution in [3.8, 4) is 0 Å². The first kappa shape index (κ1) is 16.6. The zero-order valence-corrected chi connectivity index (χ0v) is 12.8. The zero-order valence-electron chi connectivity index (χ0n) is 12.8. The molecule has 5 nitrogen and oxygen atoms in total. The number of carbonyl (C=O) groups is 2. The summed E-state index contributed by atoms with van der Waals surface area (Å²) in [4.78, 5) is 29.3. The van der Waals surface area contributed by atoms with E-state index in [1.807, 2.05) is 12.1 Å². The Kier molecular flexibility index (Phi) is 5.80. The van der Waals surface area contributed by atoms with Gasteiger partial charge in [-0.05, 0) is 36.4 Å². The minimum Gasteiger partial charge on any atom is -0.337 e. The van der Waals surface area contributed by atoms with Crippen LogP contribution in [0.3, 0.4) is 0 Å². The average Bonchev–Trinajstić information content (AvgIpc) is 2.54. The second-order valence-corrected chi connectivity index (χ2v) is 5.07. The second-order valence-electron chi connectivity index (χ2n) is 5.07. The summed E-state index contributed by atoms with van der Waals surface area (Å²) in [5, 5.41) is 2.67. The molecule has 0 spiro atoms. The number of amides is 2. The maximum absolute atomic E-state index is 12.8. The first-order valence-electron chi connectivity index (χ1n) is 7.25. The molecule has 2 amide bonds. The van der Waals surface area contributed by atoms with E-state index < -0.39 is 0 Å². The summed E-state index contributed by atoms with van der Waals surface area (Å²) in [6.07, 6.45) is 1.82. The third-order valence-corrected chi connectivity index (χ3v) is 3.26. The summed E-state index contributed by atoms with van der Waals surface area (Å²) in [6.45, 7) is 2.11. The van der Waals surface area contributed by atoms with E-state index in [9.17, 15) is 14.0 Å². The lowest BCUT2D eigenvalue weighted by atomic mass is 10.2. The molecule has 0 saturated heterocycles. The smallest absolute Gasteiger partial charge is 0.226 e. The molecule has 0 radical (unpaired) electrons. The van der Waals surface area contributed by atoms with Crippen LogP contribution in [-0.4, -0.2) is 28.2 Å². The second kappa shape index (κ2) is 8.03. The maximum Gasteiger partial charge on any atom is 0.226 e. The van der Waals surface area contributed by atoms with E-state index in [0.717, 1.165) is 5.69 Å². The Hall–Kier alpha value is -2.76. The van der Waals surface area contributed by atoms with E-state index in [0.29, 0.717) is 18.8 Å². The van der Waals surface area contributed by atoms with Crippen molar-refractivity contribution in [2.24, 2.45) is 0 Å². The number of pyridine rings is 1. The molecule has 2 aromatic rings. The fraction of sp³-hybridized carbons (Fsp3) is 0.235. The molecule has 6 heteroatoms. The van der Waals surface area contributed by atoms with Crippen molar-refractivity contribution in [2.45, 2.75) is 19.9 Å². The van der Waals surface area contributed by atoms with E-state index in [4.69, 9.17) is 0 Å². The van der Waals surface area contributed by atoms with Gasteiger partial charge in [-0.1, -0.05) is 6.07 Å². The van der Waals surface area contributed by atoms with Crippen molar-refractivity contribution < 1.29 is 14.0 Å². The molecule has 0 saturated carbocycles. The summed E-state index contributed by atoms with van der Waals surface area (Å²) < 4.78 is 12.8. The molecule has 0 fully saturated rings. The third kappa shape index (κ3) is 5.50. The van der Waals surface area contributed by atoms with Crippen LogP contribution in [-0.2, 0) is 16.1 Å². The number of aromatic nitrogens is 1. The van der Waals surface area contributed by atoms with Crippen LogP contribution in [0.1, 0.15) is 19.0 Å². The van der Waals surface area contributed by atoms with Crippen molar-refractivity contribution in [3.63, 3.8) is 0 Å². The Balaban J connectivity index is 1.87. The van der Waals surface area contributed by atoms with Crippen LogP contribution in [0.4, 0.5) is 10.1 Å². The summed E-state index contributed by atoms with van der Waals surface area (Å²) in [5.74, 6) is -0.713. The SMILES string of the molecule is CC(=O)N(CCC(=O)Nc1ccc(F)cc1)Cc1ccccn1. The number of rotatable bonds is 6. The quantitative estimate of drug-likeness (QED) is 0.891. The van der Waals surface area contributed by atoms with Crippen LogP contribution in [0.25, 0.3) is 0 Å². The van der Waals surface area contributed by atoms with Crippen LogP contribution >= 0.6 is 0 Å². The van der Waals surface area contributed by atoms with Gasteiger partial charge in [0, 0.05) is 31.8 Å². The van der Waals surface area contributed by atoms with Crippen LogP contribution in [0.5, 0.6) is 0 Å². The van der Waals surface area contributed by atoms with Crippen LogP contribution < -0.4 is 5.32 Å². The number of halogens is 1. The molecule has 1 aromatic carbocycles. The minimum absolute atomic E-state index is 0.120. The first-order valence-corrected chi connectivity index (χ1v) is 7.25. The fourth-order valence-electron chi connectivity index (χ4n) is 2.03. The molecule has 1 N–H and O–H groups in total. The number of benzene rings is 1. The molecule has 23 heavy (non-hydrogen) atoms. The van der Waals surface area contributed by atoms with Gasteiger partial charge < -0.3 is 10.2 Å². The van der Waals surface area contributed by atoms with Crippen molar-refractivity contribution in [2.75, 3.05) is 11.9 Å². The third-order valence-electron chi connectivity index (χ3n) is 3.26. The van der Waals surface area contributed by atoms with E-state index in [-0.39, 0.29) is 24.1 Å². The van der Waals surface area contributed by atoms with Gasteiger partial charge in [-0.2, -0.15) is 0 Å². The number of nitrogens with one attached hydrogen (secondary N) is 1. The van der Waals surface area contributed by atoms with Gasteiger partial charge in [0.2, 0.25) is 11.8 Å². The topological polar surface area (TPSA) is 62.3 Å². The van der Waals surface area contributed by atoms with Gasteiger partial charge in [0.25, 0.3) is 0 Å². The number of anilines is 1. The van der Waals surface area contributed by atoms with E-state index in [1.165, 1.54) is 31.2 Å². The molecule has 0 atom stereocenters.